The maximum absolute atomic E-state index is 12.7. The van der Waals surface area contributed by atoms with Crippen molar-refractivity contribution in [3.05, 3.63) is 59.7 Å². The molecule has 0 aliphatic carbocycles. The number of hydrogen-bond donors (Lipinski definition) is 0. The quantitative estimate of drug-likeness (QED) is 0.870. The molecule has 0 radical (unpaired) electrons. The van der Waals surface area contributed by atoms with Gasteiger partial charge in [-0.1, -0.05) is 36.4 Å². The predicted molar refractivity (Wildman–Crippen MR) is 94.6 cm³/mol. The average molecular weight is 322 g/mol. The van der Waals surface area contributed by atoms with E-state index in [1.807, 2.05) is 29.2 Å². The second-order valence-corrected chi connectivity index (χ2v) is 6.51. The highest BCUT2D eigenvalue weighted by Gasteiger charge is 2.35. The number of carbonyl (C=O) groups is 1. The number of piperazine rings is 1. The Morgan fingerprint density at radius 2 is 1.92 bits per heavy atom. The Morgan fingerprint density at radius 1 is 1.12 bits per heavy atom. The van der Waals surface area contributed by atoms with Crippen molar-refractivity contribution in [1.29, 1.82) is 0 Å². The molecule has 2 aromatic rings. The lowest BCUT2D eigenvalue weighted by molar-refractivity contribution is -0.131. The lowest BCUT2D eigenvalue weighted by Gasteiger charge is -2.39. The van der Waals surface area contributed by atoms with Gasteiger partial charge in [0.25, 0.3) is 0 Å². The first-order valence-electron chi connectivity index (χ1n) is 8.50. The number of methoxy groups -OCH3 is 1. The third-order valence-corrected chi connectivity index (χ3v) is 5.13. The van der Waals surface area contributed by atoms with E-state index in [1.165, 1.54) is 11.3 Å². The minimum absolute atomic E-state index is 0.190. The molecule has 1 unspecified atom stereocenters. The van der Waals surface area contributed by atoms with Crippen LogP contribution in [0.2, 0.25) is 0 Å². The predicted octanol–water partition coefficient (Wildman–Crippen LogP) is 2.51. The fourth-order valence-electron chi connectivity index (χ4n) is 3.91. The SMILES string of the molecule is COc1ccccc1CC(=O)N1CCN2c3ccccc3CC2C1. The standard InChI is InChI=1S/C20H22N2O2/c1-24-19-9-5-3-7-16(19)13-20(23)21-10-11-22-17(14-21)12-15-6-2-4-8-18(15)22/h2-9,17H,10-14H2,1H3. The van der Waals surface area contributed by atoms with Gasteiger partial charge in [-0.25, -0.2) is 0 Å². The van der Waals surface area contributed by atoms with Gasteiger partial charge in [-0.3, -0.25) is 4.79 Å². The Hall–Kier alpha value is -2.49. The van der Waals surface area contributed by atoms with Crippen molar-refractivity contribution < 1.29 is 9.53 Å². The Labute approximate surface area is 142 Å². The van der Waals surface area contributed by atoms with Gasteiger partial charge in [0, 0.05) is 30.9 Å². The number of benzene rings is 2. The molecule has 0 N–H and O–H groups in total. The van der Waals surface area contributed by atoms with Crippen LogP contribution in [0.5, 0.6) is 5.75 Å². The Kier molecular flexibility index (Phi) is 3.89. The first-order chi connectivity index (χ1) is 11.8. The van der Waals surface area contributed by atoms with Crippen LogP contribution in [0.4, 0.5) is 5.69 Å². The fourth-order valence-corrected chi connectivity index (χ4v) is 3.91. The molecule has 4 rings (SSSR count). The topological polar surface area (TPSA) is 32.8 Å². The van der Waals surface area contributed by atoms with E-state index in [9.17, 15) is 4.79 Å². The molecule has 4 nitrogen and oxygen atoms in total. The van der Waals surface area contributed by atoms with Crippen LogP contribution in [0, 0.1) is 0 Å². The summed E-state index contributed by atoms with van der Waals surface area (Å²) in [5, 5.41) is 0. The van der Waals surface area contributed by atoms with Crippen molar-refractivity contribution >= 4 is 11.6 Å². The van der Waals surface area contributed by atoms with E-state index in [4.69, 9.17) is 4.74 Å². The molecule has 0 bridgehead atoms. The molecule has 1 fully saturated rings. The molecular formula is C20H22N2O2. The molecule has 1 amide bonds. The van der Waals surface area contributed by atoms with Crippen LogP contribution in [0.25, 0.3) is 0 Å². The van der Waals surface area contributed by atoms with E-state index in [1.54, 1.807) is 7.11 Å². The lowest BCUT2D eigenvalue weighted by Crippen LogP contribution is -2.53. The molecule has 0 aromatic heterocycles. The molecule has 0 saturated carbocycles. The molecule has 1 saturated heterocycles. The largest absolute Gasteiger partial charge is 0.496 e. The first-order valence-corrected chi connectivity index (χ1v) is 8.50. The number of para-hydroxylation sites is 2. The van der Waals surface area contributed by atoms with E-state index in [0.29, 0.717) is 12.5 Å². The van der Waals surface area contributed by atoms with Crippen LogP contribution in [0.3, 0.4) is 0 Å². The van der Waals surface area contributed by atoms with Crippen molar-refractivity contribution in [1.82, 2.24) is 4.90 Å². The number of ether oxygens (including phenoxy) is 1. The summed E-state index contributed by atoms with van der Waals surface area (Å²) in [6, 6.07) is 16.8. The number of amides is 1. The van der Waals surface area contributed by atoms with Crippen molar-refractivity contribution in [3.63, 3.8) is 0 Å². The molecular weight excluding hydrogens is 300 g/mol. The van der Waals surface area contributed by atoms with Crippen LogP contribution in [-0.4, -0.2) is 43.6 Å². The summed E-state index contributed by atoms with van der Waals surface area (Å²) < 4.78 is 5.37. The summed E-state index contributed by atoms with van der Waals surface area (Å²) in [6.45, 7) is 2.51. The summed E-state index contributed by atoms with van der Waals surface area (Å²) in [4.78, 5) is 17.2. The van der Waals surface area contributed by atoms with Crippen molar-refractivity contribution in [2.45, 2.75) is 18.9 Å². The van der Waals surface area contributed by atoms with Gasteiger partial charge in [-0.15, -0.1) is 0 Å². The second-order valence-electron chi connectivity index (χ2n) is 6.51. The van der Waals surface area contributed by atoms with Gasteiger partial charge in [0.05, 0.1) is 19.6 Å². The Balaban J connectivity index is 1.45. The summed E-state index contributed by atoms with van der Waals surface area (Å²) >= 11 is 0. The first kappa shape index (κ1) is 15.1. The second kappa shape index (κ2) is 6.19. The number of nitrogens with zero attached hydrogens (tertiary/aromatic N) is 2. The molecule has 2 aromatic carbocycles. The van der Waals surface area contributed by atoms with E-state index >= 15 is 0 Å². The number of anilines is 1. The van der Waals surface area contributed by atoms with Gasteiger partial charge in [0.15, 0.2) is 0 Å². The molecule has 124 valence electrons. The molecule has 2 aliphatic heterocycles. The molecule has 1 atom stereocenters. The highest BCUT2D eigenvalue weighted by atomic mass is 16.5. The number of rotatable bonds is 3. The van der Waals surface area contributed by atoms with Gasteiger partial charge in [0.1, 0.15) is 5.75 Å². The Bertz CT molecular complexity index is 759. The molecule has 2 heterocycles. The van der Waals surface area contributed by atoms with E-state index in [-0.39, 0.29) is 5.91 Å². The van der Waals surface area contributed by atoms with Gasteiger partial charge in [-0.2, -0.15) is 0 Å². The molecule has 24 heavy (non-hydrogen) atoms. The zero-order valence-corrected chi connectivity index (χ0v) is 13.9. The third kappa shape index (κ3) is 2.62. The smallest absolute Gasteiger partial charge is 0.227 e. The van der Waals surface area contributed by atoms with E-state index < -0.39 is 0 Å². The van der Waals surface area contributed by atoms with Crippen LogP contribution in [0.15, 0.2) is 48.5 Å². The minimum Gasteiger partial charge on any atom is -0.496 e. The zero-order chi connectivity index (χ0) is 16.5. The lowest BCUT2D eigenvalue weighted by atomic mass is 10.1. The van der Waals surface area contributed by atoms with Crippen LogP contribution < -0.4 is 9.64 Å². The maximum Gasteiger partial charge on any atom is 0.227 e. The van der Waals surface area contributed by atoms with Gasteiger partial charge < -0.3 is 14.5 Å². The van der Waals surface area contributed by atoms with E-state index in [2.05, 4.69) is 29.2 Å². The molecule has 4 heteroatoms. The summed E-state index contributed by atoms with van der Waals surface area (Å²) in [5.74, 6) is 0.980. The highest BCUT2D eigenvalue weighted by molar-refractivity contribution is 5.80. The number of hydrogen-bond acceptors (Lipinski definition) is 3. The monoisotopic (exact) mass is 322 g/mol. The van der Waals surface area contributed by atoms with Crippen molar-refractivity contribution in [3.8, 4) is 5.75 Å². The minimum atomic E-state index is 0.190. The molecule has 0 spiro atoms. The average Bonchev–Trinajstić information content (AvgIpc) is 3.00. The zero-order valence-electron chi connectivity index (χ0n) is 13.9. The summed E-state index contributed by atoms with van der Waals surface area (Å²) in [7, 11) is 1.65. The van der Waals surface area contributed by atoms with Gasteiger partial charge in [0.2, 0.25) is 5.91 Å². The molecule has 2 aliphatic rings. The maximum atomic E-state index is 12.7. The Morgan fingerprint density at radius 3 is 2.79 bits per heavy atom. The normalized spacial score (nSPS) is 19.0. The van der Waals surface area contributed by atoms with Crippen molar-refractivity contribution in [2.75, 3.05) is 31.6 Å². The fraction of sp³-hybridized carbons (Fsp3) is 0.350. The van der Waals surface area contributed by atoms with Crippen LogP contribution in [0.1, 0.15) is 11.1 Å². The van der Waals surface area contributed by atoms with Gasteiger partial charge >= 0.3 is 0 Å². The third-order valence-electron chi connectivity index (χ3n) is 5.13. The van der Waals surface area contributed by atoms with Crippen LogP contribution >= 0.6 is 0 Å². The number of carbonyl (C=O) groups excluding carboxylic acids is 1. The van der Waals surface area contributed by atoms with Gasteiger partial charge in [-0.05, 0) is 24.1 Å². The number of fused-ring (bicyclic) bond motifs is 3. The van der Waals surface area contributed by atoms with Crippen LogP contribution in [-0.2, 0) is 17.6 Å². The summed E-state index contributed by atoms with van der Waals surface area (Å²) in [5.41, 5.74) is 3.71. The van der Waals surface area contributed by atoms with Crippen molar-refractivity contribution in [2.24, 2.45) is 0 Å². The highest BCUT2D eigenvalue weighted by Crippen LogP contribution is 2.34. The van der Waals surface area contributed by atoms with E-state index in [0.717, 1.165) is 37.4 Å². The summed E-state index contributed by atoms with van der Waals surface area (Å²) in [6.07, 6.45) is 1.44.